The van der Waals surface area contributed by atoms with E-state index in [9.17, 15) is 4.79 Å². The Morgan fingerprint density at radius 3 is 3.09 bits per heavy atom. The maximum Gasteiger partial charge on any atom is 0.328 e. The summed E-state index contributed by atoms with van der Waals surface area (Å²) in [5.74, 6) is -0.589. The molecule has 11 heavy (non-hydrogen) atoms. The first-order valence-corrected chi connectivity index (χ1v) is 3.71. The Kier molecular flexibility index (Phi) is 2.65. The van der Waals surface area contributed by atoms with Crippen molar-refractivity contribution in [2.75, 3.05) is 13.2 Å². The van der Waals surface area contributed by atoms with E-state index < -0.39 is 5.97 Å². The maximum atomic E-state index is 10.3. The van der Waals surface area contributed by atoms with Gasteiger partial charge >= 0.3 is 5.97 Å². The van der Waals surface area contributed by atoms with Gasteiger partial charge in [0.25, 0.3) is 0 Å². The minimum absolute atomic E-state index is 0.264. The summed E-state index contributed by atoms with van der Waals surface area (Å²) < 4.78 is 5.16. The van der Waals surface area contributed by atoms with Crippen molar-refractivity contribution in [1.29, 1.82) is 0 Å². The molecule has 0 spiro atoms. The predicted octanol–water partition coefficient (Wildman–Crippen LogP) is 1.05. The minimum atomic E-state index is -0.853. The molecule has 1 saturated heterocycles. The summed E-state index contributed by atoms with van der Waals surface area (Å²) in [6.07, 6.45) is 2.06. The van der Waals surface area contributed by atoms with E-state index >= 15 is 0 Å². The summed E-state index contributed by atoms with van der Waals surface area (Å²) in [7, 11) is 0. The van der Waals surface area contributed by atoms with Crippen molar-refractivity contribution < 1.29 is 14.6 Å². The molecule has 1 aliphatic heterocycles. The van der Waals surface area contributed by atoms with Gasteiger partial charge < -0.3 is 9.84 Å². The average molecular weight is 156 g/mol. The molecule has 1 atom stereocenters. The van der Waals surface area contributed by atoms with E-state index in [1.165, 1.54) is 6.08 Å². The van der Waals surface area contributed by atoms with Gasteiger partial charge in [-0.3, -0.25) is 0 Å². The van der Waals surface area contributed by atoms with Crippen LogP contribution in [0.1, 0.15) is 13.3 Å². The number of hydrogen-bond acceptors (Lipinski definition) is 2. The van der Waals surface area contributed by atoms with Crippen LogP contribution in [0.5, 0.6) is 0 Å². The Labute approximate surface area is 65.7 Å². The van der Waals surface area contributed by atoms with E-state index in [0.717, 1.165) is 12.0 Å². The number of carboxylic acids is 1. The molecule has 1 heterocycles. The first-order chi connectivity index (χ1) is 5.20. The van der Waals surface area contributed by atoms with Crippen molar-refractivity contribution >= 4 is 5.97 Å². The van der Waals surface area contributed by atoms with Crippen LogP contribution in [0.25, 0.3) is 0 Å². The Morgan fingerprint density at radius 1 is 1.82 bits per heavy atom. The normalized spacial score (nSPS) is 28.8. The lowest BCUT2D eigenvalue weighted by atomic mass is 9.97. The van der Waals surface area contributed by atoms with Crippen LogP contribution in [0, 0.1) is 5.92 Å². The van der Waals surface area contributed by atoms with E-state index in [1.807, 2.05) is 6.92 Å². The van der Waals surface area contributed by atoms with Crippen LogP contribution in [0.4, 0.5) is 0 Å². The van der Waals surface area contributed by atoms with Gasteiger partial charge in [-0.2, -0.15) is 0 Å². The second-order valence-corrected chi connectivity index (χ2v) is 2.78. The lowest BCUT2D eigenvalue weighted by molar-refractivity contribution is -0.131. The summed E-state index contributed by atoms with van der Waals surface area (Å²) in [6.45, 7) is 3.29. The Bertz CT molecular complexity index is 184. The maximum absolute atomic E-state index is 10.3. The molecule has 1 rings (SSSR count). The van der Waals surface area contributed by atoms with Crippen LogP contribution >= 0.6 is 0 Å². The van der Waals surface area contributed by atoms with Crippen molar-refractivity contribution in [2.24, 2.45) is 5.92 Å². The van der Waals surface area contributed by atoms with E-state index in [4.69, 9.17) is 9.84 Å². The standard InChI is InChI=1S/C8H12O3/c1-6-5-11-3-2-7(6)4-8(9)10/h4,6H,2-3,5H2,1H3,(H,9,10)/b7-4+. The van der Waals surface area contributed by atoms with E-state index in [0.29, 0.717) is 13.2 Å². The second-order valence-electron chi connectivity index (χ2n) is 2.78. The van der Waals surface area contributed by atoms with Gasteiger partial charge in [-0.1, -0.05) is 12.5 Å². The first-order valence-electron chi connectivity index (χ1n) is 3.71. The van der Waals surface area contributed by atoms with Crippen molar-refractivity contribution in [1.82, 2.24) is 0 Å². The molecule has 62 valence electrons. The predicted molar refractivity (Wildman–Crippen MR) is 40.3 cm³/mol. The van der Waals surface area contributed by atoms with Crippen LogP contribution in [0.2, 0.25) is 0 Å². The molecule has 0 saturated carbocycles. The van der Waals surface area contributed by atoms with Crippen molar-refractivity contribution in [2.45, 2.75) is 13.3 Å². The third-order valence-electron chi connectivity index (χ3n) is 1.84. The highest BCUT2D eigenvalue weighted by Gasteiger charge is 2.15. The largest absolute Gasteiger partial charge is 0.478 e. The number of carboxylic acid groups (broad SMARTS) is 1. The molecule has 0 aliphatic carbocycles. The van der Waals surface area contributed by atoms with Crippen LogP contribution < -0.4 is 0 Å². The molecule has 0 aromatic carbocycles. The first kappa shape index (κ1) is 8.27. The number of rotatable bonds is 1. The fourth-order valence-electron chi connectivity index (χ4n) is 1.18. The SMILES string of the molecule is CC1COCC/C1=C\C(=O)O. The molecule has 0 radical (unpaired) electrons. The smallest absolute Gasteiger partial charge is 0.328 e. The Morgan fingerprint density at radius 2 is 2.55 bits per heavy atom. The van der Waals surface area contributed by atoms with Gasteiger partial charge in [0.2, 0.25) is 0 Å². The van der Waals surface area contributed by atoms with Gasteiger partial charge in [0.15, 0.2) is 0 Å². The van der Waals surface area contributed by atoms with E-state index in [1.54, 1.807) is 0 Å². The molecule has 0 bridgehead atoms. The Hall–Kier alpha value is -0.830. The van der Waals surface area contributed by atoms with Gasteiger partial charge in [-0.05, 0) is 6.42 Å². The van der Waals surface area contributed by atoms with Crippen LogP contribution in [0.3, 0.4) is 0 Å². The van der Waals surface area contributed by atoms with Gasteiger partial charge in [-0.25, -0.2) is 4.79 Å². The third-order valence-corrected chi connectivity index (χ3v) is 1.84. The lowest BCUT2D eigenvalue weighted by Crippen LogP contribution is -2.18. The molecule has 1 unspecified atom stereocenters. The van der Waals surface area contributed by atoms with Crippen LogP contribution in [0.15, 0.2) is 11.6 Å². The highest BCUT2D eigenvalue weighted by atomic mass is 16.5. The number of ether oxygens (including phenoxy) is 1. The van der Waals surface area contributed by atoms with E-state index in [-0.39, 0.29) is 5.92 Å². The zero-order chi connectivity index (χ0) is 8.27. The fraction of sp³-hybridized carbons (Fsp3) is 0.625. The number of aliphatic carboxylic acids is 1. The van der Waals surface area contributed by atoms with Crippen LogP contribution in [-0.4, -0.2) is 24.3 Å². The topological polar surface area (TPSA) is 46.5 Å². The van der Waals surface area contributed by atoms with Crippen molar-refractivity contribution in [3.8, 4) is 0 Å². The van der Waals surface area contributed by atoms with Crippen molar-refractivity contribution in [3.05, 3.63) is 11.6 Å². The Balaban J connectivity index is 2.60. The molecule has 1 aliphatic rings. The molecule has 1 fully saturated rings. The summed E-state index contributed by atoms with van der Waals surface area (Å²) in [6, 6.07) is 0. The molecule has 0 aromatic rings. The van der Waals surface area contributed by atoms with Gasteiger partial charge in [0, 0.05) is 12.0 Å². The zero-order valence-electron chi connectivity index (χ0n) is 6.54. The van der Waals surface area contributed by atoms with Crippen LogP contribution in [-0.2, 0) is 9.53 Å². The average Bonchev–Trinajstić information content (AvgIpc) is 1.93. The summed E-state index contributed by atoms with van der Waals surface area (Å²) >= 11 is 0. The summed E-state index contributed by atoms with van der Waals surface area (Å²) in [5, 5.41) is 8.47. The summed E-state index contributed by atoms with van der Waals surface area (Å²) in [5.41, 5.74) is 0.990. The zero-order valence-corrected chi connectivity index (χ0v) is 6.54. The molecule has 3 nitrogen and oxygen atoms in total. The lowest BCUT2D eigenvalue weighted by Gasteiger charge is -2.21. The monoisotopic (exact) mass is 156 g/mol. The van der Waals surface area contributed by atoms with Gasteiger partial charge in [0.1, 0.15) is 0 Å². The fourth-order valence-corrected chi connectivity index (χ4v) is 1.18. The number of carbonyl (C=O) groups is 1. The second kappa shape index (κ2) is 3.53. The molecule has 1 N–H and O–H groups in total. The van der Waals surface area contributed by atoms with E-state index in [2.05, 4.69) is 0 Å². The molecule has 0 aromatic heterocycles. The van der Waals surface area contributed by atoms with Gasteiger partial charge in [-0.15, -0.1) is 0 Å². The number of hydrogen-bond donors (Lipinski definition) is 1. The highest BCUT2D eigenvalue weighted by molar-refractivity contribution is 5.80. The third kappa shape index (κ3) is 2.35. The summed E-state index contributed by atoms with van der Waals surface area (Å²) in [4.78, 5) is 10.3. The molecular weight excluding hydrogens is 144 g/mol. The molecule has 0 amide bonds. The quantitative estimate of drug-likeness (QED) is 0.577. The van der Waals surface area contributed by atoms with Gasteiger partial charge in [0.05, 0.1) is 13.2 Å². The van der Waals surface area contributed by atoms with Crippen molar-refractivity contribution in [3.63, 3.8) is 0 Å². The highest BCUT2D eigenvalue weighted by Crippen LogP contribution is 2.19. The molecular formula is C8H12O3. The molecule has 3 heteroatoms. The minimum Gasteiger partial charge on any atom is -0.478 e.